The molecule has 0 aliphatic carbocycles. The predicted octanol–water partition coefficient (Wildman–Crippen LogP) is 0.305. The fourth-order valence-electron chi connectivity index (χ4n) is 0.896. The van der Waals surface area contributed by atoms with E-state index < -0.39 is 24.1 Å². The summed E-state index contributed by atoms with van der Waals surface area (Å²) < 4.78 is 9.13. The second kappa shape index (κ2) is 8.14. The maximum atomic E-state index is 11.1. The Balaban J connectivity index is 4.05. The van der Waals surface area contributed by atoms with Crippen LogP contribution in [0.2, 0.25) is 0 Å². The largest absolute Gasteiger partial charge is 0.480 e. The van der Waals surface area contributed by atoms with Crippen molar-refractivity contribution in [3.63, 3.8) is 0 Å². The number of alkyl carbamates (subject to hydrolysis) is 1. The van der Waals surface area contributed by atoms with Gasteiger partial charge in [0.2, 0.25) is 0 Å². The van der Waals surface area contributed by atoms with Crippen molar-refractivity contribution in [2.45, 2.75) is 19.4 Å². The van der Waals surface area contributed by atoms with E-state index in [1.165, 1.54) is 13.0 Å². The smallest absolute Gasteiger partial charge is 0.408 e. The van der Waals surface area contributed by atoms with Gasteiger partial charge in [0.05, 0.1) is 6.61 Å². The molecule has 7 nitrogen and oxygen atoms in total. The summed E-state index contributed by atoms with van der Waals surface area (Å²) in [5, 5.41) is 10.9. The fourth-order valence-corrected chi connectivity index (χ4v) is 0.896. The molecule has 1 atom stereocenters. The van der Waals surface area contributed by atoms with E-state index in [1.54, 1.807) is 0 Å². The van der Waals surface area contributed by atoms with Crippen LogP contribution in [0.25, 0.3) is 0 Å². The average Bonchev–Trinajstić information content (AvgIpc) is 2.24. The van der Waals surface area contributed by atoms with Crippen molar-refractivity contribution >= 4 is 18.0 Å². The van der Waals surface area contributed by atoms with Crippen LogP contribution in [0.1, 0.15) is 13.3 Å². The first-order valence-electron chi connectivity index (χ1n) is 4.87. The number of carboxylic acids is 1. The molecule has 0 spiro atoms. The van der Waals surface area contributed by atoms with Crippen LogP contribution in [0, 0.1) is 0 Å². The highest BCUT2D eigenvalue weighted by Gasteiger charge is 2.20. The summed E-state index contributed by atoms with van der Waals surface area (Å²) in [7, 11) is 0. The zero-order chi connectivity index (χ0) is 13.3. The Kier molecular flexibility index (Phi) is 7.16. The minimum absolute atomic E-state index is 0.0118. The molecule has 0 bridgehead atoms. The molecule has 0 aliphatic heterocycles. The van der Waals surface area contributed by atoms with E-state index in [-0.39, 0.29) is 19.6 Å². The Hall–Kier alpha value is -2.05. The zero-order valence-corrected chi connectivity index (χ0v) is 9.47. The second-order valence-corrected chi connectivity index (χ2v) is 3.05. The lowest BCUT2D eigenvalue weighted by atomic mass is 10.2. The third-order valence-corrected chi connectivity index (χ3v) is 1.63. The predicted molar refractivity (Wildman–Crippen MR) is 57.4 cm³/mol. The first-order valence-corrected chi connectivity index (χ1v) is 4.87. The number of carboxylic acid groups (broad SMARTS) is 1. The van der Waals surface area contributed by atoms with Crippen LogP contribution in [-0.4, -0.2) is 42.4 Å². The number of carbonyl (C=O) groups excluding carboxylic acids is 2. The van der Waals surface area contributed by atoms with Gasteiger partial charge in [-0.15, -0.1) is 0 Å². The standard InChI is InChI=1S/C10H15NO6/c1-3-5-17-10(15)11-8(9(13)14)4-6-16-7(2)12/h3,8H,1,4-6H2,2H3,(H,11,15)(H,13,14)/t8-/m0/s1. The number of rotatable bonds is 7. The van der Waals surface area contributed by atoms with Gasteiger partial charge >= 0.3 is 18.0 Å². The van der Waals surface area contributed by atoms with E-state index in [4.69, 9.17) is 5.11 Å². The van der Waals surface area contributed by atoms with Crippen LogP contribution in [0.3, 0.4) is 0 Å². The van der Waals surface area contributed by atoms with E-state index in [0.29, 0.717) is 0 Å². The Bertz CT molecular complexity index is 301. The van der Waals surface area contributed by atoms with Crippen LogP contribution in [0.15, 0.2) is 12.7 Å². The molecule has 2 N–H and O–H groups in total. The maximum Gasteiger partial charge on any atom is 0.408 e. The minimum Gasteiger partial charge on any atom is -0.480 e. The van der Waals surface area contributed by atoms with Crippen LogP contribution in [-0.2, 0) is 19.1 Å². The molecule has 0 fully saturated rings. The van der Waals surface area contributed by atoms with Gasteiger partial charge in [-0.2, -0.15) is 0 Å². The minimum atomic E-state index is -1.23. The van der Waals surface area contributed by atoms with E-state index in [1.807, 2.05) is 0 Å². The summed E-state index contributed by atoms with van der Waals surface area (Å²) in [6, 6.07) is -1.16. The molecule has 0 aromatic carbocycles. The van der Waals surface area contributed by atoms with Gasteiger partial charge in [-0.25, -0.2) is 9.59 Å². The fraction of sp³-hybridized carbons (Fsp3) is 0.500. The molecule has 0 aromatic heterocycles. The number of hydrogen-bond acceptors (Lipinski definition) is 5. The van der Waals surface area contributed by atoms with Crippen LogP contribution in [0.4, 0.5) is 4.79 Å². The Morgan fingerprint density at radius 1 is 1.41 bits per heavy atom. The van der Waals surface area contributed by atoms with Crippen molar-refractivity contribution in [1.82, 2.24) is 5.32 Å². The number of aliphatic carboxylic acids is 1. The van der Waals surface area contributed by atoms with Gasteiger partial charge in [-0.1, -0.05) is 12.7 Å². The highest BCUT2D eigenvalue weighted by Crippen LogP contribution is 1.95. The molecule has 0 saturated heterocycles. The van der Waals surface area contributed by atoms with E-state index in [2.05, 4.69) is 21.4 Å². The lowest BCUT2D eigenvalue weighted by molar-refractivity contribution is -0.144. The lowest BCUT2D eigenvalue weighted by Crippen LogP contribution is -2.41. The monoisotopic (exact) mass is 245 g/mol. The number of nitrogens with one attached hydrogen (secondary N) is 1. The highest BCUT2D eigenvalue weighted by atomic mass is 16.5. The van der Waals surface area contributed by atoms with E-state index >= 15 is 0 Å². The van der Waals surface area contributed by atoms with Crippen molar-refractivity contribution in [2.24, 2.45) is 0 Å². The van der Waals surface area contributed by atoms with Crippen LogP contribution in [0.5, 0.6) is 0 Å². The number of esters is 1. The molecule has 1 amide bonds. The van der Waals surface area contributed by atoms with Crippen LogP contribution >= 0.6 is 0 Å². The number of ether oxygens (including phenoxy) is 2. The first-order chi connectivity index (χ1) is 7.97. The summed E-state index contributed by atoms with van der Waals surface area (Å²) in [5.41, 5.74) is 0. The summed E-state index contributed by atoms with van der Waals surface area (Å²) in [6.07, 6.45) is 0.465. The summed E-state index contributed by atoms with van der Waals surface area (Å²) in [4.78, 5) is 32.3. The summed E-state index contributed by atoms with van der Waals surface area (Å²) in [6.45, 7) is 4.45. The van der Waals surface area contributed by atoms with Crippen molar-refractivity contribution < 1.29 is 29.0 Å². The molecule has 7 heteroatoms. The molecule has 0 saturated carbocycles. The molecule has 0 rings (SSSR count). The summed E-state index contributed by atoms with van der Waals surface area (Å²) in [5.74, 6) is -1.74. The van der Waals surface area contributed by atoms with Crippen molar-refractivity contribution in [3.05, 3.63) is 12.7 Å². The highest BCUT2D eigenvalue weighted by molar-refractivity contribution is 5.79. The van der Waals surface area contributed by atoms with Gasteiger partial charge in [-0.05, 0) is 0 Å². The van der Waals surface area contributed by atoms with Crippen molar-refractivity contribution in [2.75, 3.05) is 13.2 Å². The van der Waals surface area contributed by atoms with Gasteiger partial charge in [-0.3, -0.25) is 4.79 Å². The van der Waals surface area contributed by atoms with Crippen molar-refractivity contribution in [1.29, 1.82) is 0 Å². The Labute approximate surface area is 98.4 Å². The van der Waals surface area contributed by atoms with Gasteiger partial charge in [0, 0.05) is 13.3 Å². The number of carbonyl (C=O) groups is 3. The first kappa shape index (κ1) is 14.9. The second-order valence-electron chi connectivity index (χ2n) is 3.05. The van der Waals surface area contributed by atoms with Gasteiger partial charge in [0.15, 0.2) is 0 Å². The Morgan fingerprint density at radius 3 is 2.53 bits per heavy atom. The molecule has 0 unspecified atom stereocenters. The quantitative estimate of drug-likeness (QED) is 0.494. The van der Waals surface area contributed by atoms with Gasteiger partial charge in [0.25, 0.3) is 0 Å². The molecule has 0 radical (unpaired) electrons. The van der Waals surface area contributed by atoms with Gasteiger partial charge in [0.1, 0.15) is 12.6 Å². The molecule has 96 valence electrons. The number of amides is 1. The zero-order valence-electron chi connectivity index (χ0n) is 9.47. The van der Waals surface area contributed by atoms with Crippen molar-refractivity contribution in [3.8, 4) is 0 Å². The number of hydrogen-bond donors (Lipinski definition) is 2. The molecule has 0 heterocycles. The molecular weight excluding hydrogens is 230 g/mol. The molecule has 17 heavy (non-hydrogen) atoms. The molecular formula is C10H15NO6. The normalized spacial score (nSPS) is 11.1. The topological polar surface area (TPSA) is 102 Å². The van der Waals surface area contributed by atoms with E-state index in [9.17, 15) is 14.4 Å². The average molecular weight is 245 g/mol. The third-order valence-electron chi connectivity index (χ3n) is 1.63. The lowest BCUT2D eigenvalue weighted by Gasteiger charge is -2.13. The maximum absolute atomic E-state index is 11.1. The Morgan fingerprint density at radius 2 is 2.06 bits per heavy atom. The molecule has 0 aromatic rings. The molecule has 0 aliphatic rings. The SMILES string of the molecule is C=CCOC(=O)N[C@@H](CCOC(C)=O)C(=O)O. The summed E-state index contributed by atoms with van der Waals surface area (Å²) >= 11 is 0. The van der Waals surface area contributed by atoms with Gasteiger partial charge < -0.3 is 19.9 Å². The van der Waals surface area contributed by atoms with Crippen LogP contribution < -0.4 is 5.32 Å². The third kappa shape index (κ3) is 7.83. The van der Waals surface area contributed by atoms with E-state index in [0.717, 1.165) is 0 Å².